The van der Waals surface area contributed by atoms with E-state index < -0.39 is 5.91 Å². The first-order valence-corrected chi connectivity index (χ1v) is 10.3. The fourth-order valence-electron chi connectivity index (χ4n) is 4.01. The smallest absolute Gasteiger partial charge is 0.253 e. The predicted molar refractivity (Wildman–Crippen MR) is 115 cm³/mol. The summed E-state index contributed by atoms with van der Waals surface area (Å²) in [5.41, 5.74) is 8.69. The molecule has 1 aromatic carbocycles. The Balaban J connectivity index is 1.42. The molecule has 1 aliphatic rings. The van der Waals surface area contributed by atoms with Gasteiger partial charge in [-0.1, -0.05) is 0 Å². The fourth-order valence-corrected chi connectivity index (χ4v) is 4.01. The van der Waals surface area contributed by atoms with Gasteiger partial charge in [0.15, 0.2) is 0 Å². The van der Waals surface area contributed by atoms with E-state index in [1.807, 2.05) is 27.7 Å². The van der Waals surface area contributed by atoms with Crippen LogP contribution in [0.5, 0.6) is 0 Å². The molecule has 162 valence electrons. The number of methoxy groups -OCH3 is 1. The van der Waals surface area contributed by atoms with Crippen molar-refractivity contribution in [1.29, 1.82) is 0 Å². The molecule has 31 heavy (non-hydrogen) atoms. The number of aromatic nitrogens is 4. The number of imidazole rings is 1. The maximum atomic E-state index is 13.0. The Morgan fingerprint density at radius 2 is 2.00 bits per heavy atom. The number of hydrogen-bond donors (Lipinski definition) is 1. The van der Waals surface area contributed by atoms with Gasteiger partial charge < -0.3 is 19.9 Å². The molecule has 2 aromatic heterocycles. The predicted octanol–water partition coefficient (Wildman–Crippen LogP) is 1.90. The molecule has 2 amide bonds. The summed E-state index contributed by atoms with van der Waals surface area (Å²) in [5.74, 6) is 0.346. The van der Waals surface area contributed by atoms with Gasteiger partial charge in [0.2, 0.25) is 0 Å². The van der Waals surface area contributed by atoms with Crippen LogP contribution < -0.4 is 5.73 Å². The average molecular weight is 422 g/mol. The maximum Gasteiger partial charge on any atom is 0.253 e. The Morgan fingerprint density at radius 1 is 1.23 bits per heavy atom. The zero-order valence-corrected chi connectivity index (χ0v) is 17.7. The van der Waals surface area contributed by atoms with Crippen LogP contribution in [0.15, 0.2) is 30.7 Å². The van der Waals surface area contributed by atoms with E-state index in [-0.39, 0.29) is 11.8 Å². The number of rotatable bonds is 6. The van der Waals surface area contributed by atoms with Crippen LogP contribution in [0.3, 0.4) is 0 Å². The van der Waals surface area contributed by atoms with E-state index in [1.54, 1.807) is 20.4 Å². The van der Waals surface area contributed by atoms with Crippen LogP contribution in [0.25, 0.3) is 11.0 Å². The number of piperidine rings is 1. The maximum absolute atomic E-state index is 13.0. The van der Waals surface area contributed by atoms with Crippen molar-refractivity contribution in [3.8, 4) is 0 Å². The van der Waals surface area contributed by atoms with Crippen molar-refractivity contribution in [1.82, 2.24) is 24.4 Å². The first-order valence-electron chi connectivity index (χ1n) is 10.3. The van der Waals surface area contributed by atoms with E-state index in [0.29, 0.717) is 42.3 Å². The van der Waals surface area contributed by atoms with Crippen molar-refractivity contribution in [2.45, 2.75) is 32.2 Å². The van der Waals surface area contributed by atoms with Crippen LogP contribution in [0.2, 0.25) is 0 Å². The summed E-state index contributed by atoms with van der Waals surface area (Å²) in [6, 6.07) is 5.65. The Morgan fingerprint density at radius 3 is 2.68 bits per heavy atom. The molecule has 9 nitrogen and oxygen atoms in total. The van der Waals surface area contributed by atoms with Gasteiger partial charge in [0.25, 0.3) is 11.8 Å². The van der Waals surface area contributed by atoms with E-state index >= 15 is 0 Å². The minimum Gasteiger partial charge on any atom is -0.383 e. The van der Waals surface area contributed by atoms with Crippen LogP contribution in [-0.4, -0.2) is 63.0 Å². The fraction of sp³-hybridized carbons (Fsp3) is 0.409. The van der Waals surface area contributed by atoms with Gasteiger partial charge in [-0.05, 0) is 38.0 Å². The van der Waals surface area contributed by atoms with Gasteiger partial charge in [-0.25, -0.2) is 15.0 Å². The Bertz CT molecular complexity index is 1120. The normalized spacial score (nSPS) is 14.8. The van der Waals surface area contributed by atoms with Crippen LogP contribution in [0.1, 0.15) is 51.0 Å². The molecule has 0 radical (unpaired) electrons. The van der Waals surface area contributed by atoms with Gasteiger partial charge in [-0.2, -0.15) is 0 Å². The number of fused-ring (bicyclic) bond motifs is 1. The quantitative estimate of drug-likeness (QED) is 0.649. The van der Waals surface area contributed by atoms with Crippen LogP contribution >= 0.6 is 0 Å². The summed E-state index contributed by atoms with van der Waals surface area (Å²) in [6.45, 7) is 4.34. The number of benzene rings is 1. The van der Waals surface area contributed by atoms with Gasteiger partial charge in [-0.15, -0.1) is 0 Å². The van der Waals surface area contributed by atoms with Gasteiger partial charge >= 0.3 is 0 Å². The highest BCUT2D eigenvalue weighted by Gasteiger charge is 2.27. The number of aryl methyl sites for hydroxylation is 1. The standard InChI is InChI=1S/C22H26N6O3/c1-14-17(20(23)29)12-24-21(26-14)15-5-7-27(8-6-15)22(30)16-3-4-19-18(11-16)25-13-28(19)9-10-31-2/h3-4,11-13,15H,5-10H2,1-2H3,(H2,23,29). The third kappa shape index (κ3) is 4.27. The first-order chi connectivity index (χ1) is 15.0. The number of carbonyl (C=O) groups is 2. The zero-order valence-electron chi connectivity index (χ0n) is 17.7. The van der Waals surface area contributed by atoms with Crippen molar-refractivity contribution in [3.05, 3.63) is 53.4 Å². The van der Waals surface area contributed by atoms with Crippen LogP contribution in [0, 0.1) is 6.92 Å². The van der Waals surface area contributed by atoms with Crippen LogP contribution in [0.4, 0.5) is 0 Å². The zero-order chi connectivity index (χ0) is 22.0. The Kier molecular flexibility index (Phi) is 5.94. The molecule has 1 saturated heterocycles. The number of amides is 2. The lowest BCUT2D eigenvalue weighted by atomic mass is 9.95. The second-order valence-electron chi connectivity index (χ2n) is 7.79. The third-order valence-corrected chi connectivity index (χ3v) is 5.82. The highest BCUT2D eigenvalue weighted by atomic mass is 16.5. The highest BCUT2D eigenvalue weighted by Crippen LogP contribution is 2.27. The number of likely N-dealkylation sites (tertiary alicyclic amines) is 1. The minimum atomic E-state index is -0.523. The summed E-state index contributed by atoms with van der Waals surface area (Å²) in [6.07, 6.45) is 4.82. The Labute approximate surface area is 180 Å². The molecule has 0 unspecified atom stereocenters. The molecule has 1 aliphatic heterocycles. The summed E-state index contributed by atoms with van der Waals surface area (Å²) in [4.78, 5) is 39.5. The molecule has 3 heterocycles. The number of nitrogens with zero attached hydrogens (tertiary/aromatic N) is 5. The molecular formula is C22H26N6O3. The molecule has 0 saturated carbocycles. The lowest BCUT2D eigenvalue weighted by Gasteiger charge is -2.31. The van der Waals surface area contributed by atoms with E-state index in [9.17, 15) is 9.59 Å². The van der Waals surface area contributed by atoms with E-state index in [4.69, 9.17) is 10.5 Å². The Hall–Kier alpha value is -3.33. The van der Waals surface area contributed by atoms with Crippen molar-refractivity contribution in [3.63, 3.8) is 0 Å². The summed E-state index contributed by atoms with van der Waals surface area (Å²) in [7, 11) is 1.67. The number of ether oxygens (including phenoxy) is 1. The average Bonchev–Trinajstić information content (AvgIpc) is 3.19. The molecule has 2 N–H and O–H groups in total. The second-order valence-corrected chi connectivity index (χ2v) is 7.79. The summed E-state index contributed by atoms with van der Waals surface area (Å²) >= 11 is 0. The van der Waals surface area contributed by atoms with Crippen molar-refractivity contribution < 1.29 is 14.3 Å². The summed E-state index contributed by atoms with van der Waals surface area (Å²) < 4.78 is 7.15. The van der Waals surface area contributed by atoms with Crippen molar-refractivity contribution >= 4 is 22.8 Å². The molecule has 0 aliphatic carbocycles. The molecular weight excluding hydrogens is 396 g/mol. The number of nitrogens with two attached hydrogens (primary N) is 1. The molecule has 0 atom stereocenters. The monoisotopic (exact) mass is 422 g/mol. The van der Waals surface area contributed by atoms with Gasteiger partial charge in [-0.3, -0.25) is 9.59 Å². The number of hydrogen-bond acceptors (Lipinski definition) is 6. The lowest BCUT2D eigenvalue weighted by molar-refractivity contribution is 0.0710. The molecule has 4 rings (SSSR count). The molecule has 9 heteroatoms. The summed E-state index contributed by atoms with van der Waals surface area (Å²) in [5, 5.41) is 0. The first kappa shape index (κ1) is 20.9. The second kappa shape index (κ2) is 8.81. The van der Waals surface area contributed by atoms with E-state index in [1.165, 1.54) is 6.20 Å². The van der Waals surface area contributed by atoms with Crippen molar-refractivity contribution in [2.24, 2.45) is 5.73 Å². The molecule has 0 bridgehead atoms. The molecule has 3 aromatic rings. The van der Waals surface area contributed by atoms with Gasteiger partial charge in [0.05, 0.1) is 35.2 Å². The van der Waals surface area contributed by atoms with Crippen LogP contribution in [-0.2, 0) is 11.3 Å². The third-order valence-electron chi connectivity index (χ3n) is 5.82. The van der Waals surface area contributed by atoms with Crippen molar-refractivity contribution in [2.75, 3.05) is 26.8 Å². The highest BCUT2D eigenvalue weighted by molar-refractivity contribution is 5.97. The van der Waals surface area contributed by atoms with E-state index in [0.717, 1.165) is 30.4 Å². The molecule has 0 spiro atoms. The number of primary amides is 1. The number of carbonyl (C=O) groups excluding carboxylic acids is 2. The minimum absolute atomic E-state index is 0.00738. The van der Waals surface area contributed by atoms with Gasteiger partial charge in [0.1, 0.15) is 5.82 Å². The largest absolute Gasteiger partial charge is 0.383 e. The molecule has 1 fully saturated rings. The SMILES string of the molecule is COCCn1cnc2cc(C(=O)N3CCC(c4ncc(C(N)=O)c(C)n4)CC3)ccc21. The lowest BCUT2D eigenvalue weighted by Crippen LogP contribution is -2.38. The van der Waals surface area contributed by atoms with E-state index in [2.05, 4.69) is 15.0 Å². The topological polar surface area (TPSA) is 116 Å². The van der Waals surface area contributed by atoms with Gasteiger partial charge in [0, 0.05) is 44.4 Å².